The number of nitrogens with two attached hydrogens (primary N) is 1. The normalized spacial score (nSPS) is 14.2. The van der Waals surface area contributed by atoms with Crippen LogP contribution in [-0.2, 0) is 0 Å². The second kappa shape index (κ2) is 5.48. The number of nitrogens with one attached hydrogen (secondary N) is 1. The quantitative estimate of drug-likeness (QED) is 0.571. The fourth-order valence-electron chi connectivity index (χ4n) is 1.10. The first-order valence-electron chi connectivity index (χ1n) is 5.01. The molecule has 88 valence electrons. The average molecular weight is 224 g/mol. The summed E-state index contributed by atoms with van der Waals surface area (Å²) >= 11 is 0. The summed E-state index contributed by atoms with van der Waals surface area (Å²) in [7, 11) is 0. The van der Waals surface area contributed by atoms with Crippen LogP contribution in [0.15, 0.2) is 24.3 Å². The Morgan fingerprint density at radius 2 is 2.00 bits per heavy atom. The molecule has 0 radical (unpaired) electrons. The lowest BCUT2D eigenvalue weighted by molar-refractivity contribution is 0.0937. The lowest BCUT2D eigenvalue weighted by Crippen LogP contribution is -2.43. The van der Waals surface area contributed by atoms with E-state index in [0.717, 1.165) is 0 Å². The SMILES string of the molecule is CC(O)C(N)CNC(=O)c1ccc(O)cc1. The van der Waals surface area contributed by atoms with Gasteiger partial charge in [-0.15, -0.1) is 0 Å². The van der Waals surface area contributed by atoms with Crippen LogP contribution in [0.1, 0.15) is 17.3 Å². The summed E-state index contributed by atoms with van der Waals surface area (Å²) in [6.07, 6.45) is -0.667. The maximum absolute atomic E-state index is 11.6. The number of rotatable bonds is 4. The Kier molecular flexibility index (Phi) is 4.28. The maximum Gasteiger partial charge on any atom is 0.251 e. The number of amides is 1. The van der Waals surface area contributed by atoms with Crippen LogP contribution in [0.3, 0.4) is 0 Å². The molecule has 1 aromatic carbocycles. The van der Waals surface area contributed by atoms with Gasteiger partial charge in [-0.3, -0.25) is 4.79 Å². The molecule has 0 aliphatic rings. The highest BCUT2D eigenvalue weighted by molar-refractivity contribution is 5.94. The second-order valence-electron chi connectivity index (χ2n) is 3.66. The fraction of sp³-hybridized carbons (Fsp3) is 0.364. The fourth-order valence-corrected chi connectivity index (χ4v) is 1.10. The van der Waals surface area contributed by atoms with Gasteiger partial charge in [-0.1, -0.05) is 0 Å². The first-order chi connectivity index (χ1) is 7.50. The van der Waals surface area contributed by atoms with Crippen molar-refractivity contribution in [2.75, 3.05) is 6.54 Å². The molecule has 0 aliphatic heterocycles. The van der Waals surface area contributed by atoms with Gasteiger partial charge in [-0.2, -0.15) is 0 Å². The number of hydrogen-bond donors (Lipinski definition) is 4. The molecule has 2 atom stereocenters. The predicted octanol–water partition coefficient (Wildman–Crippen LogP) is -0.170. The van der Waals surface area contributed by atoms with E-state index in [4.69, 9.17) is 15.9 Å². The molecule has 1 aromatic rings. The summed E-state index contributed by atoms with van der Waals surface area (Å²) < 4.78 is 0. The summed E-state index contributed by atoms with van der Waals surface area (Å²) in [5.41, 5.74) is 6.00. The van der Waals surface area contributed by atoms with Crippen molar-refractivity contribution in [1.29, 1.82) is 0 Å². The van der Waals surface area contributed by atoms with E-state index in [1.807, 2.05) is 0 Å². The van der Waals surface area contributed by atoms with Gasteiger partial charge in [0.05, 0.1) is 6.10 Å². The summed E-state index contributed by atoms with van der Waals surface area (Å²) in [5, 5.41) is 20.8. The first-order valence-corrected chi connectivity index (χ1v) is 5.01. The summed E-state index contributed by atoms with van der Waals surface area (Å²) in [5.74, 6) is -0.173. The third-order valence-corrected chi connectivity index (χ3v) is 2.25. The van der Waals surface area contributed by atoms with Crippen molar-refractivity contribution in [3.63, 3.8) is 0 Å². The molecule has 16 heavy (non-hydrogen) atoms. The molecule has 0 aromatic heterocycles. The number of carbonyl (C=O) groups excluding carboxylic acids is 1. The molecule has 1 rings (SSSR count). The van der Waals surface area contributed by atoms with Crippen LogP contribution < -0.4 is 11.1 Å². The minimum atomic E-state index is -0.667. The lowest BCUT2D eigenvalue weighted by atomic mass is 10.1. The predicted molar refractivity (Wildman–Crippen MR) is 60.1 cm³/mol. The largest absolute Gasteiger partial charge is 0.508 e. The van der Waals surface area contributed by atoms with Gasteiger partial charge in [0.25, 0.3) is 5.91 Å². The van der Waals surface area contributed by atoms with E-state index in [-0.39, 0.29) is 18.2 Å². The van der Waals surface area contributed by atoms with Gasteiger partial charge in [0.1, 0.15) is 5.75 Å². The van der Waals surface area contributed by atoms with E-state index in [0.29, 0.717) is 5.56 Å². The number of aromatic hydroxyl groups is 1. The molecular weight excluding hydrogens is 208 g/mol. The molecule has 0 bridgehead atoms. The summed E-state index contributed by atoms with van der Waals surface area (Å²) in [6.45, 7) is 1.77. The minimum absolute atomic E-state index is 0.109. The number of aliphatic hydroxyl groups excluding tert-OH is 1. The Hall–Kier alpha value is -1.59. The lowest BCUT2D eigenvalue weighted by Gasteiger charge is -2.15. The number of hydrogen-bond acceptors (Lipinski definition) is 4. The average Bonchev–Trinajstić information content (AvgIpc) is 2.26. The van der Waals surface area contributed by atoms with E-state index in [2.05, 4.69) is 5.32 Å². The zero-order valence-electron chi connectivity index (χ0n) is 9.05. The maximum atomic E-state index is 11.6. The van der Waals surface area contributed by atoms with Gasteiger partial charge in [0, 0.05) is 18.2 Å². The molecule has 5 N–H and O–H groups in total. The first kappa shape index (κ1) is 12.5. The highest BCUT2D eigenvalue weighted by Gasteiger charge is 2.11. The molecule has 0 saturated heterocycles. The molecule has 0 fully saturated rings. The standard InChI is InChI=1S/C11H16N2O3/c1-7(14)10(12)6-13-11(16)8-2-4-9(15)5-3-8/h2-5,7,10,14-15H,6,12H2,1H3,(H,13,16). The van der Waals surface area contributed by atoms with Gasteiger partial charge >= 0.3 is 0 Å². The van der Waals surface area contributed by atoms with E-state index in [1.54, 1.807) is 6.92 Å². The number of phenolic OH excluding ortho intramolecular Hbond substituents is 1. The van der Waals surface area contributed by atoms with Crippen LogP contribution in [0.25, 0.3) is 0 Å². The van der Waals surface area contributed by atoms with Crippen molar-refractivity contribution in [1.82, 2.24) is 5.32 Å². The van der Waals surface area contributed by atoms with E-state index in [9.17, 15) is 4.79 Å². The Bertz CT molecular complexity index is 349. The molecular formula is C11H16N2O3. The molecule has 1 amide bonds. The Labute approximate surface area is 93.9 Å². The number of phenols is 1. The van der Waals surface area contributed by atoms with Crippen LogP contribution in [0.5, 0.6) is 5.75 Å². The van der Waals surface area contributed by atoms with E-state index < -0.39 is 12.1 Å². The van der Waals surface area contributed by atoms with Gasteiger partial charge in [0.2, 0.25) is 0 Å². The van der Waals surface area contributed by atoms with Gasteiger partial charge in [-0.25, -0.2) is 0 Å². The molecule has 5 nitrogen and oxygen atoms in total. The van der Waals surface area contributed by atoms with Crippen molar-refractivity contribution in [2.45, 2.75) is 19.1 Å². The van der Waals surface area contributed by atoms with Crippen LogP contribution in [0.4, 0.5) is 0 Å². The highest BCUT2D eigenvalue weighted by Crippen LogP contribution is 2.09. The second-order valence-corrected chi connectivity index (χ2v) is 3.66. The molecule has 0 heterocycles. The molecule has 0 aliphatic carbocycles. The van der Waals surface area contributed by atoms with Crippen molar-refractivity contribution in [3.8, 4) is 5.75 Å². The van der Waals surface area contributed by atoms with Gasteiger partial charge in [0.15, 0.2) is 0 Å². The summed E-state index contributed by atoms with van der Waals surface area (Å²) in [4.78, 5) is 11.6. The zero-order chi connectivity index (χ0) is 12.1. The van der Waals surface area contributed by atoms with Crippen LogP contribution >= 0.6 is 0 Å². The minimum Gasteiger partial charge on any atom is -0.508 e. The molecule has 0 spiro atoms. The smallest absolute Gasteiger partial charge is 0.251 e. The molecule has 5 heteroatoms. The molecule has 0 saturated carbocycles. The van der Waals surface area contributed by atoms with Crippen molar-refractivity contribution in [2.24, 2.45) is 5.73 Å². The monoisotopic (exact) mass is 224 g/mol. The Morgan fingerprint density at radius 3 is 2.50 bits per heavy atom. The third-order valence-electron chi connectivity index (χ3n) is 2.25. The third kappa shape index (κ3) is 3.52. The van der Waals surface area contributed by atoms with Crippen LogP contribution in [0, 0.1) is 0 Å². The topological polar surface area (TPSA) is 95.6 Å². The van der Waals surface area contributed by atoms with Gasteiger partial charge in [-0.05, 0) is 31.2 Å². The Balaban J connectivity index is 2.50. The number of aliphatic hydroxyl groups is 1. The zero-order valence-corrected chi connectivity index (χ0v) is 9.05. The number of carbonyl (C=O) groups is 1. The van der Waals surface area contributed by atoms with Crippen LogP contribution in [-0.4, -0.2) is 34.8 Å². The van der Waals surface area contributed by atoms with Crippen molar-refractivity contribution < 1.29 is 15.0 Å². The van der Waals surface area contributed by atoms with Crippen molar-refractivity contribution >= 4 is 5.91 Å². The molecule has 2 unspecified atom stereocenters. The van der Waals surface area contributed by atoms with E-state index >= 15 is 0 Å². The number of benzene rings is 1. The van der Waals surface area contributed by atoms with E-state index in [1.165, 1.54) is 24.3 Å². The summed E-state index contributed by atoms with van der Waals surface area (Å²) in [6, 6.07) is 5.41. The van der Waals surface area contributed by atoms with Crippen molar-refractivity contribution in [3.05, 3.63) is 29.8 Å². The van der Waals surface area contributed by atoms with Crippen LogP contribution in [0.2, 0.25) is 0 Å². The highest BCUT2D eigenvalue weighted by atomic mass is 16.3. The van der Waals surface area contributed by atoms with Gasteiger partial charge < -0.3 is 21.3 Å². The Morgan fingerprint density at radius 1 is 1.44 bits per heavy atom.